The summed E-state index contributed by atoms with van der Waals surface area (Å²) in [6, 6.07) is 14.8. The van der Waals surface area contributed by atoms with Crippen LogP contribution in [0.5, 0.6) is 0 Å². The summed E-state index contributed by atoms with van der Waals surface area (Å²) in [7, 11) is 0. The van der Waals surface area contributed by atoms with Crippen LogP contribution in [-0.2, 0) is 6.42 Å². The topological polar surface area (TPSA) is 29.9 Å². The first-order valence-corrected chi connectivity index (χ1v) is 6.71. The van der Waals surface area contributed by atoms with Crippen LogP contribution in [-0.4, -0.2) is 16.1 Å². The Kier molecular flexibility index (Phi) is 2.30. The van der Waals surface area contributed by atoms with E-state index in [2.05, 4.69) is 45.2 Å². The Labute approximate surface area is 111 Å². The van der Waals surface area contributed by atoms with E-state index in [1.54, 1.807) is 0 Å². The number of imidazole rings is 1. The molecule has 0 amide bonds. The van der Waals surface area contributed by atoms with Crippen LogP contribution in [0.1, 0.15) is 12.0 Å². The van der Waals surface area contributed by atoms with Crippen LogP contribution in [0.4, 0.5) is 5.69 Å². The molecule has 3 aromatic rings. The van der Waals surface area contributed by atoms with Crippen molar-refractivity contribution < 1.29 is 0 Å². The number of para-hydroxylation sites is 2. The normalized spacial score (nSPS) is 14.1. The Hall–Kier alpha value is -2.29. The first-order chi connectivity index (χ1) is 9.42. The van der Waals surface area contributed by atoms with Gasteiger partial charge in [0.1, 0.15) is 6.33 Å². The van der Waals surface area contributed by atoms with Gasteiger partial charge in [0.2, 0.25) is 0 Å². The lowest BCUT2D eigenvalue weighted by Gasteiger charge is -2.19. The number of fused-ring (bicyclic) bond motifs is 2. The average Bonchev–Trinajstić information content (AvgIpc) is 2.91. The lowest BCUT2D eigenvalue weighted by Crippen LogP contribution is -2.11. The highest BCUT2D eigenvalue weighted by molar-refractivity contribution is 5.77. The molecule has 0 unspecified atom stereocenters. The molecule has 1 aliphatic heterocycles. The number of aromatic nitrogens is 2. The molecular formula is C16H15N3. The van der Waals surface area contributed by atoms with Crippen LogP contribution in [0.2, 0.25) is 0 Å². The second-order valence-corrected chi connectivity index (χ2v) is 4.98. The number of anilines is 1. The van der Waals surface area contributed by atoms with E-state index in [1.165, 1.54) is 23.4 Å². The fourth-order valence-electron chi connectivity index (χ4n) is 2.78. The lowest BCUT2D eigenvalue weighted by molar-refractivity contribution is 0.828. The summed E-state index contributed by atoms with van der Waals surface area (Å²) in [6.07, 6.45) is 4.27. The molecule has 94 valence electrons. The van der Waals surface area contributed by atoms with Gasteiger partial charge in [0.15, 0.2) is 0 Å². The Morgan fingerprint density at radius 1 is 1.11 bits per heavy atom. The summed E-state index contributed by atoms with van der Waals surface area (Å²) in [4.78, 5) is 4.45. The third-order valence-corrected chi connectivity index (χ3v) is 3.76. The van der Waals surface area contributed by atoms with Gasteiger partial charge >= 0.3 is 0 Å². The molecule has 0 saturated carbocycles. The summed E-state index contributed by atoms with van der Waals surface area (Å²) in [5.41, 5.74) is 6.07. The van der Waals surface area contributed by atoms with Crippen molar-refractivity contribution in [1.29, 1.82) is 0 Å². The maximum Gasteiger partial charge on any atom is 0.100 e. The zero-order valence-corrected chi connectivity index (χ0v) is 10.6. The Morgan fingerprint density at radius 3 is 3.05 bits per heavy atom. The second kappa shape index (κ2) is 4.12. The molecule has 1 aromatic heterocycles. The van der Waals surface area contributed by atoms with Crippen LogP contribution >= 0.6 is 0 Å². The van der Waals surface area contributed by atoms with Gasteiger partial charge in [-0.2, -0.15) is 0 Å². The van der Waals surface area contributed by atoms with Gasteiger partial charge in [0, 0.05) is 17.9 Å². The number of benzene rings is 2. The van der Waals surface area contributed by atoms with Gasteiger partial charge in [-0.25, -0.2) is 4.98 Å². The molecule has 2 heterocycles. The fraction of sp³-hybridized carbons (Fsp3) is 0.188. The Balaban J connectivity index is 1.88. The molecule has 1 aliphatic rings. The highest BCUT2D eigenvalue weighted by atomic mass is 15.0. The van der Waals surface area contributed by atoms with Gasteiger partial charge in [-0.1, -0.05) is 12.1 Å². The third kappa shape index (κ3) is 1.70. The largest absolute Gasteiger partial charge is 0.385 e. The van der Waals surface area contributed by atoms with Crippen molar-refractivity contribution in [2.75, 3.05) is 11.9 Å². The summed E-state index contributed by atoms with van der Waals surface area (Å²) < 4.78 is 2.16. The Morgan fingerprint density at radius 2 is 2.05 bits per heavy atom. The molecule has 0 radical (unpaired) electrons. The number of nitrogens with zero attached hydrogens (tertiary/aromatic N) is 2. The molecule has 0 aliphatic carbocycles. The number of hydrogen-bond donors (Lipinski definition) is 1. The predicted octanol–water partition coefficient (Wildman–Crippen LogP) is 3.38. The smallest absolute Gasteiger partial charge is 0.100 e. The fourth-order valence-corrected chi connectivity index (χ4v) is 2.78. The highest BCUT2D eigenvalue weighted by Crippen LogP contribution is 2.26. The quantitative estimate of drug-likeness (QED) is 0.716. The summed E-state index contributed by atoms with van der Waals surface area (Å²) in [5.74, 6) is 0. The van der Waals surface area contributed by atoms with Crippen molar-refractivity contribution in [3.63, 3.8) is 0 Å². The van der Waals surface area contributed by atoms with Gasteiger partial charge in [-0.3, -0.25) is 4.57 Å². The molecule has 0 saturated heterocycles. The van der Waals surface area contributed by atoms with E-state index >= 15 is 0 Å². The van der Waals surface area contributed by atoms with Gasteiger partial charge in [-0.15, -0.1) is 0 Å². The first kappa shape index (κ1) is 10.6. The monoisotopic (exact) mass is 249 g/mol. The molecule has 0 atom stereocenters. The highest BCUT2D eigenvalue weighted by Gasteiger charge is 2.10. The number of nitrogens with one attached hydrogen (secondary N) is 1. The van der Waals surface area contributed by atoms with Crippen LogP contribution in [0.15, 0.2) is 48.8 Å². The van der Waals surface area contributed by atoms with E-state index in [4.69, 9.17) is 0 Å². The molecule has 0 fully saturated rings. The lowest BCUT2D eigenvalue weighted by atomic mass is 10.0. The van der Waals surface area contributed by atoms with E-state index in [1.807, 2.05) is 18.5 Å². The second-order valence-electron chi connectivity index (χ2n) is 4.98. The molecule has 4 rings (SSSR count). The zero-order valence-electron chi connectivity index (χ0n) is 10.6. The molecule has 0 spiro atoms. The average molecular weight is 249 g/mol. The molecular weight excluding hydrogens is 234 g/mol. The van der Waals surface area contributed by atoms with Crippen LogP contribution in [0.3, 0.4) is 0 Å². The van der Waals surface area contributed by atoms with E-state index in [-0.39, 0.29) is 0 Å². The SMILES string of the molecule is c1ccc2c(c1)ncn2-c1ccc2c(c1)CCCN2. The van der Waals surface area contributed by atoms with Crippen molar-refractivity contribution in [3.05, 3.63) is 54.4 Å². The van der Waals surface area contributed by atoms with E-state index in [0.29, 0.717) is 0 Å². The number of hydrogen-bond acceptors (Lipinski definition) is 2. The maximum absolute atomic E-state index is 4.45. The van der Waals surface area contributed by atoms with Crippen LogP contribution < -0.4 is 5.32 Å². The van der Waals surface area contributed by atoms with E-state index in [9.17, 15) is 0 Å². The molecule has 3 heteroatoms. The van der Waals surface area contributed by atoms with Gasteiger partial charge in [-0.05, 0) is 48.7 Å². The number of aryl methyl sites for hydroxylation is 1. The van der Waals surface area contributed by atoms with Crippen LogP contribution in [0.25, 0.3) is 16.7 Å². The van der Waals surface area contributed by atoms with Crippen molar-refractivity contribution >= 4 is 16.7 Å². The Bertz CT molecular complexity index is 743. The molecule has 0 bridgehead atoms. The van der Waals surface area contributed by atoms with E-state index in [0.717, 1.165) is 24.0 Å². The van der Waals surface area contributed by atoms with Gasteiger partial charge < -0.3 is 5.32 Å². The van der Waals surface area contributed by atoms with Crippen molar-refractivity contribution in [3.8, 4) is 5.69 Å². The van der Waals surface area contributed by atoms with Crippen molar-refractivity contribution in [2.45, 2.75) is 12.8 Å². The minimum Gasteiger partial charge on any atom is -0.385 e. The van der Waals surface area contributed by atoms with Gasteiger partial charge in [0.25, 0.3) is 0 Å². The maximum atomic E-state index is 4.45. The summed E-state index contributed by atoms with van der Waals surface area (Å²) >= 11 is 0. The molecule has 19 heavy (non-hydrogen) atoms. The zero-order chi connectivity index (χ0) is 12.7. The minimum absolute atomic E-state index is 1.04. The van der Waals surface area contributed by atoms with E-state index < -0.39 is 0 Å². The standard InChI is InChI=1S/C16H15N3/c1-2-6-16-15(5-1)18-11-19(16)13-7-8-14-12(10-13)4-3-9-17-14/h1-2,5-8,10-11,17H,3-4,9H2. The molecule has 1 N–H and O–H groups in total. The third-order valence-electron chi connectivity index (χ3n) is 3.76. The predicted molar refractivity (Wildman–Crippen MR) is 77.9 cm³/mol. The van der Waals surface area contributed by atoms with Gasteiger partial charge in [0.05, 0.1) is 11.0 Å². The molecule has 3 nitrogen and oxygen atoms in total. The number of rotatable bonds is 1. The van der Waals surface area contributed by atoms with Crippen LogP contribution in [0, 0.1) is 0 Å². The van der Waals surface area contributed by atoms with Crippen molar-refractivity contribution in [2.24, 2.45) is 0 Å². The minimum atomic E-state index is 1.04. The first-order valence-electron chi connectivity index (χ1n) is 6.71. The summed E-state index contributed by atoms with van der Waals surface area (Å²) in [6.45, 7) is 1.08. The molecule has 2 aromatic carbocycles. The van der Waals surface area contributed by atoms with Crippen molar-refractivity contribution in [1.82, 2.24) is 9.55 Å². The summed E-state index contributed by atoms with van der Waals surface area (Å²) in [5, 5.41) is 3.45.